The Kier molecular flexibility index (Phi) is 4.04. The molecule has 1 saturated heterocycles. The molecule has 2 heteroatoms. The van der Waals surface area contributed by atoms with Crippen molar-refractivity contribution in [1.29, 1.82) is 0 Å². The highest BCUT2D eigenvalue weighted by Gasteiger charge is 2.44. The van der Waals surface area contributed by atoms with Crippen LogP contribution >= 0.6 is 0 Å². The van der Waals surface area contributed by atoms with Gasteiger partial charge in [-0.25, -0.2) is 0 Å². The second-order valence-corrected chi connectivity index (χ2v) is 8.56. The van der Waals surface area contributed by atoms with Crippen molar-refractivity contribution in [1.82, 2.24) is 5.32 Å². The predicted molar refractivity (Wildman–Crippen MR) is 86.3 cm³/mol. The lowest BCUT2D eigenvalue weighted by Gasteiger charge is -2.42. The maximum atomic E-state index is 6.24. The third-order valence-electron chi connectivity index (χ3n) is 7.43. The van der Waals surface area contributed by atoms with E-state index in [0.29, 0.717) is 0 Å². The molecule has 4 fully saturated rings. The highest BCUT2D eigenvalue weighted by Crippen LogP contribution is 2.51. The van der Waals surface area contributed by atoms with Gasteiger partial charge < -0.3 is 10.1 Å². The van der Waals surface area contributed by atoms with Crippen molar-refractivity contribution in [2.24, 2.45) is 23.7 Å². The fourth-order valence-corrected chi connectivity index (χ4v) is 6.31. The second kappa shape index (κ2) is 5.85. The Morgan fingerprint density at radius 1 is 1.14 bits per heavy atom. The van der Waals surface area contributed by atoms with E-state index in [-0.39, 0.29) is 5.60 Å². The molecule has 1 aliphatic heterocycles. The van der Waals surface area contributed by atoms with E-state index in [9.17, 15) is 0 Å². The van der Waals surface area contributed by atoms with Crippen molar-refractivity contribution in [2.75, 3.05) is 13.7 Å². The molecule has 0 aromatic heterocycles. The van der Waals surface area contributed by atoms with Gasteiger partial charge in [0.1, 0.15) is 0 Å². The number of hydrogen-bond acceptors (Lipinski definition) is 2. The average Bonchev–Trinajstić information content (AvgIpc) is 3.22. The van der Waals surface area contributed by atoms with Crippen molar-refractivity contribution < 1.29 is 4.74 Å². The molecule has 2 bridgehead atoms. The van der Waals surface area contributed by atoms with Crippen LogP contribution < -0.4 is 5.32 Å². The Morgan fingerprint density at radius 2 is 2.00 bits per heavy atom. The summed E-state index contributed by atoms with van der Waals surface area (Å²) in [7, 11) is 2.20. The molecule has 1 heterocycles. The molecule has 2 nitrogen and oxygen atoms in total. The maximum absolute atomic E-state index is 6.24. The van der Waals surface area contributed by atoms with Gasteiger partial charge in [0.25, 0.3) is 0 Å². The zero-order chi connectivity index (χ0) is 14.3. The van der Waals surface area contributed by atoms with Crippen LogP contribution in [0.15, 0.2) is 0 Å². The van der Waals surface area contributed by atoms with Gasteiger partial charge in [-0.15, -0.1) is 0 Å². The number of rotatable bonds is 4. The summed E-state index contributed by atoms with van der Waals surface area (Å²) in [5.41, 5.74) is 0.284. The molecule has 1 spiro atoms. The quantitative estimate of drug-likeness (QED) is 0.840. The van der Waals surface area contributed by atoms with Crippen LogP contribution in [0, 0.1) is 23.7 Å². The number of ether oxygens (including phenoxy) is 1. The predicted octanol–water partition coefficient (Wildman–Crippen LogP) is 4.14. The summed E-state index contributed by atoms with van der Waals surface area (Å²) < 4.78 is 6.24. The summed E-state index contributed by atoms with van der Waals surface area (Å²) in [6.45, 7) is 1.01. The second-order valence-electron chi connectivity index (χ2n) is 8.56. The van der Waals surface area contributed by atoms with Crippen LogP contribution in [0.5, 0.6) is 0 Å². The standard InChI is InChI=1S/C19H33NO/c1-20-18(12-17-11-14-4-5-15(17)10-14)16-6-9-21-19(13-16)7-2-3-8-19/h14-18,20H,2-13H2,1H3. The summed E-state index contributed by atoms with van der Waals surface area (Å²) in [5, 5.41) is 3.71. The van der Waals surface area contributed by atoms with E-state index < -0.39 is 0 Å². The van der Waals surface area contributed by atoms with Crippen LogP contribution in [-0.2, 0) is 4.74 Å². The Labute approximate surface area is 130 Å². The SMILES string of the molecule is CNC(CC1CC2CCC1C2)C1CCOC2(CCCC2)C1. The first kappa shape index (κ1) is 14.5. The minimum Gasteiger partial charge on any atom is -0.375 e. The average molecular weight is 291 g/mol. The molecule has 4 rings (SSSR count). The van der Waals surface area contributed by atoms with Crippen LogP contribution in [0.1, 0.15) is 70.6 Å². The van der Waals surface area contributed by atoms with Crippen LogP contribution in [-0.4, -0.2) is 25.3 Å². The largest absolute Gasteiger partial charge is 0.375 e. The lowest BCUT2D eigenvalue weighted by Crippen LogP contribution is -2.45. The maximum Gasteiger partial charge on any atom is 0.0685 e. The third kappa shape index (κ3) is 2.79. The van der Waals surface area contributed by atoms with E-state index in [1.165, 1.54) is 64.2 Å². The zero-order valence-electron chi connectivity index (χ0n) is 13.8. The van der Waals surface area contributed by atoms with Gasteiger partial charge in [0, 0.05) is 12.6 Å². The molecule has 21 heavy (non-hydrogen) atoms. The van der Waals surface area contributed by atoms with Crippen molar-refractivity contribution >= 4 is 0 Å². The van der Waals surface area contributed by atoms with Gasteiger partial charge >= 0.3 is 0 Å². The third-order valence-corrected chi connectivity index (χ3v) is 7.43. The number of fused-ring (bicyclic) bond motifs is 2. The Hall–Kier alpha value is -0.0800. The molecule has 1 N–H and O–H groups in total. The minimum atomic E-state index is 0.284. The molecule has 0 amide bonds. The van der Waals surface area contributed by atoms with Crippen molar-refractivity contribution in [2.45, 2.75) is 82.3 Å². The molecular weight excluding hydrogens is 258 g/mol. The molecule has 120 valence electrons. The Balaban J connectivity index is 1.38. The van der Waals surface area contributed by atoms with Gasteiger partial charge in [-0.05, 0) is 82.1 Å². The molecule has 4 aliphatic rings. The van der Waals surface area contributed by atoms with Gasteiger partial charge in [-0.2, -0.15) is 0 Å². The molecule has 0 aromatic carbocycles. The van der Waals surface area contributed by atoms with E-state index in [1.54, 1.807) is 6.42 Å². The lowest BCUT2D eigenvalue weighted by atomic mass is 9.75. The van der Waals surface area contributed by atoms with E-state index in [4.69, 9.17) is 4.74 Å². The number of nitrogens with one attached hydrogen (secondary N) is 1. The van der Waals surface area contributed by atoms with E-state index in [1.807, 2.05) is 0 Å². The molecule has 3 aliphatic carbocycles. The fourth-order valence-electron chi connectivity index (χ4n) is 6.31. The fraction of sp³-hybridized carbons (Fsp3) is 1.00. The van der Waals surface area contributed by atoms with Gasteiger partial charge in [0.05, 0.1) is 5.60 Å². The highest BCUT2D eigenvalue weighted by molar-refractivity contribution is 4.97. The van der Waals surface area contributed by atoms with Crippen molar-refractivity contribution in [3.63, 3.8) is 0 Å². The molecule has 0 aromatic rings. The first-order valence-corrected chi connectivity index (χ1v) is 9.59. The minimum absolute atomic E-state index is 0.284. The van der Waals surface area contributed by atoms with Crippen LogP contribution in [0.2, 0.25) is 0 Å². The van der Waals surface area contributed by atoms with Crippen molar-refractivity contribution in [3.05, 3.63) is 0 Å². The van der Waals surface area contributed by atoms with E-state index >= 15 is 0 Å². The molecule has 5 unspecified atom stereocenters. The van der Waals surface area contributed by atoms with Gasteiger partial charge in [-0.3, -0.25) is 0 Å². The van der Waals surface area contributed by atoms with E-state index in [0.717, 1.165) is 36.3 Å². The first-order valence-electron chi connectivity index (χ1n) is 9.59. The highest BCUT2D eigenvalue weighted by atomic mass is 16.5. The molecule has 0 radical (unpaired) electrons. The smallest absolute Gasteiger partial charge is 0.0685 e. The van der Waals surface area contributed by atoms with E-state index in [2.05, 4.69) is 12.4 Å². The normalized spacial score (nSPS) is 42.7. The summed E-state index contributed by atoms with van der Waals surface area (Å²) in [4.78, 5) is 0. The Morgan fingerprint density at radius 3 is 2.67 bits per heavy atom. The molecule has 5 atom stereocenters. The lowest BCUT2D eigenvalue weighted by molar-refractivity contribution is -0.0988. The first-order chi connectivity index (χ1) is 10.3. The van der Waals surface area contributed by atoms with Crippen LogP contribution in [0.4, 0.5) is 0 Å². The topological polar surface area (TPSA) is 21.3 Å². The Bertz CT molecular complexity index is 363. The summed E-state index contributed by atoms with van der Waals surface area (Å²) in [6.07, 6.45) is 15.7. The van der Waals surface area contributed by atoms with Crippen LogP contribution in [0.3, 0.4) is 0 Å². The number of hydrogen-bond donors (Lipinski definition) is 1. The summed E-state index contributed by atoms with van der Waals surface area (Å²) in [5.74, 6) is 4.06. The summed E-state index contributed by atoms with van der Waals surface area (Å²) >= 11 is 0. The molecule has 3 saturated carbocycles. The van der Waals surface area contributed by atoms with Gasteiger partial charge in [-0.1, -0.05) is 19.3 Å². The van der Waals surface area contributed by atoms with Crippen molar-refractivity contribution in [3.8, 4) is 0 Å². The van der Waals surface area contributed by atoms with Crippen LogP contribution in [0.25, 0.3) is 0 Å². The molecular formula is C19H33NO. The monoisotopic (exact) mass is 291 g/mol. The van der Waals surface area contributed by atoms with Gasteiger partial charge in [0.15, 0.2) is 0 Å². The summed E-state index contributed by atoms with van der Waals surface area (Å²) in [6, 6.07) is 0.746. The van der Waals surface area contributed by atoms with Gasteiger partial charge in [0.2, 0.25) is 0 Å². The zero-order valence-corrected chi connectivity index (χ0v) is 13.8.